The third-order valence-corrected chi connectivity index (χ3v) is 4.08. The zero-order valence-electron chi connectivity index (χ0n) is 10.7. The number of amides is 1. The molecule has 2 aliphatic rings. The largest absolute Gasteiger partial charge is 0.468 e. The van der Waals surface area contributed by atoms with Gasteiger partial charge in [0.15, 0.2) is 0 Å². The number of likely N-dealkylation sites (tertiary alicyclic amines) is 1. The second kappa shape index (κ2) is 4.76. The van der Waals surface area contributed by atoms with Crippen molar-refractivity contribution in [1.82, 2.24) is 10.2 Å². The van der Waals surface area contributed by atoms with Crippen molar-refractivity contribution in [3.63, 3.8) is 0 Å². The van der Waals surface area contributed by atoms with Crippen molar-refractivity contribution in [2.45, 2.75) is 44.2 Å². The lowest BCUT2D eigenvalue weighted by molar-refractivity contribution is -0.126. The number of hydrogen-bond acceptors (Lipinski definition) is 3. The van der Waals surface area contributed by atoms with Crippen LogP contribution in [0.4, 0.5) is 0 Å². The predicted molar refractivity (Wildman–Crippen MR) is 67.9 cm³/mol. The first kappa shape index (κ1) is 11.8. The normalized spacial score (nSPS) is 29.4. The summed E-state index contributed by atoms with van der Waals surface area (Å²) in [5.41, 5.74) is 0.0280. The summed E-state index contributed by atoms with van der Waals surface area (Å²) in [4.78, 5) is 14.0. The molecule has 0 saturated carbocycles. The molecule has 1 spiro atoms. The molecule has 0 aliphatic carbocycles. The maximum absolute atomic E-state index is 11.6. The minimum absolute atomic E-state index is 0.0280. The smallest absolute Gasteiger partial charge is 0.220 e. The lowest BCUT2D eigenvalue weighted by Gasteiger charge is -2.45. The van der Waals surface area contributed by atoms with Crippen LogP contribution in [0.5, 0.6) is 0 Å². The molecule has 1 aromatic rings. The molecule has 3 heterocycles. The van der Waals surface area contributed by atoms with Crippen molar-refractivity contribution < 1.29 is 9.21 Å². The van der Waals surface area contributed by atoms with Gasteiger partial charge in [0, 0.05) is 13.0 Å². The molecule has 3 rings (SSSR count). The highest BCUT2D eigenvalue weighted by atomic mass is 16.3. The van der Waals surface area contributed by atoms with Gasteiger partial charge in [0.2, 0.25) is 5.91 Å². The number of piperidine rings is 2. The summed E-state index contributed by atoms with van der Waals surface area (Å²) in [5.74, 6) is 1.23. The van der Waals surface area contributed by atoms with Gasteiger partial charge in [-0.2, -0.15) is 0 Å². The summed E-state index contributed by atoms with van der Waals surface area (Å²) in [6.45, 7) is 2.91. The molecule has 2 saturated heterocycles. The third kappa shape index (κ3) is 2.43. The first-order chi connectivity index (χ1) is 8.76. The number of hydrogen-bond donors (Lipinski definition) is 1. The van der Waals surface area contributed by atoms with E-state index in [0.29, 0.717) is 6.42 Å². The Morgan fingerprint density at radius 2 is 2.28 bits per heavy atom. The van der Waals surface area contributed by atoms with E-state index in [9.17, 15) is 4.79 Å². The van der Waals surface area contributed by atoms with Crippen LogP contribution in [0.25, 0.3) is 0 Å². The molecule has 4 nitrogen and oxygen atoms in total. The summed E-state index contributed by atoms with van der Waals surface area (Å²) in [7, 11) is 0. The number of nitrogens with zero attached hydrogens (tertiary/aromatic N) is 1. The van der Waals surface area contributed by atoms with Crippen LogP contribution in [0, 0.1) is 0 Å². The predicted octanol–water partition coefficient (Wildman–Crippen LogP) is 1.91. The Bertz CT molecular complexity index is 411. The van der Waals surface area contributed by atoms with Gasteiger partial charge in [-0.05, 0) is 44.4 Å². The van der Waals surface area contributed by atoms with E-state index in [4.69, 9.17) is 4.42 Å². The standard InChI is InChI=1S/C14H20N2O2/c17-13-5-1-6-14(15-13)7-3-8-16(11-14)10-12-4-2-9-18-12/h2,4,9H,1,3,5-8,10-11H2,(H,15,17). The number of rotatable bonds is 2. The Kier molecular flexibility index (Phi) is 3.12. The Morgan fingerprint density at radius 1 is 1.39 bits per heavy atom. The molecular weight excluding hydrogens is 228 g/mol. The summed E-state index contributed by atoms with van der Waals surface area (Å²) in [5, 5.41) is 3.23. The van der Waals surface area contributed by atoms with Gasteiger partial charge < -0.3 is 9.73 Å². The van der Waals surface area contributed by atoms with Crippen molar-refractivity contribution in [1.29, 1.82) is 0 Å². The van der Waals surface area contributed by atoms with Crippen molar-refractivity contribution in [2.75, 3.05) is 13.1 Å². The molecule has 1 atom stereocenters. The zero-order valence-corrected chi connectivity index (χ0v) is 10.7. The Balaban J connectivity index is 1.66. The number of carbonyl (C=O) groups is 1. The van der Waals surface area contributed by atoms with Crippen molar-refractivity contribution >= 4 is 5.91 Å². The lowest BCUT2D eigenvalue weighted by Crippen LogP contribution is -2.60. The van der Waals surface area contributed by atoms with Crippen LogP contribution in [0.2, 0.25) is 0 Å². The molecule has 0 bridgehead atoms. The van der Waals surface area contributed by atoms with Gasteiger partial charge in [0.1, 0.15) is 5.76 Å². The Labute approximate surface area is 107 Å². The van der Waals surface area contributed by atoms with E-state index >= 15 is 0 Å². The fraction of sp³-hybridized carbons (Fsp3) is 0.643. The van der Waals surface area contributed by atoms with E-state index in [0.717, 1.165) is 51.1 Å². The molecule has 1 amide bonds. The Morgan fingerprint density at radius 3 is 3.06 bits per heavy atom. The fourth-order valence-electron chi connectivity index (χ4n) is 3.30. The molecule has 98 valence electrons. The van der Waals surface area contributed by atoms with Gasteiger partial charge in [-0.3, -0.25) is 9.69 Å². The van der Waals surface area contributed by atoms with E-state index in [2.05, 4.69) is 10.2 Å². The van der Waals surface area contributed by atoms with Crippen LogP contribution in [0.15, 0.2) is 22.8 Å². The highest BCUT2D eigenvalue weighted by Gasteiger charge is 2.38. The van der Waals surface area contributed by atoms with Crippen molar-refractivity contribution in [3.05, 3.63) is 24.2 Å². The molecule has 0 aromatic carbocycles. The third-order valence-electron chi connectivity index (χ3n) is 4.08. The first-order valence-corrected chi connectivity index (χ1v) is 6.82. The van der Waals surface area contributed by atoms with Crippen LogP contribution in [-0.2, 0) is 11.3 Å². The second-order valence-electron chi connectivity index (χ2n) is 5.58. The average Bonchev–Trinajstić information content (AvgIpc) is 2.81. The number of nitrogens with one attached hydrogen (secondary N) is 1. The quantitative estimate of drug-likeness (QED) is 0.869. The van der Waals surface area contributed by atoms with E-state index < -0.39 is 0 Å². The molecule has 4 heteroatoms. The van der Waals surface area contributed by atoms with Gasteiger partial charge in [-0.15, -0.1) is 0 Å². The van der Waals surface area contributed by atoms with Gasteiger partial charge in [0.05, 0.1) is 18.3 Å². The maximum Gasteiger partial charge on any atom is 0.220 e. The molecule has 0 radical (unpaired) electrons. The molecular formula is C14H20N2O2. The summed E-state index contributed by atoms with van der Waals surface area (Å²) in [6, 6.07) is 3.94. The Hall–Kier alpha value is -1.29. The SMILES string of the molecule is O=C1CCCC2(CCCN(Cc3ccco3)C2)N1. The average molecular weight is 248 g/mol. The minimum atomic E-state index is 0.0280. The van der Waals surface area contributed by atoms with Crippen LogP contribution >= 0.6 is 0 Å². The second-order valence-corrected chi connectivity index (χ2v) is 5.58. The lowest BCUT2D eigenvalue weighted by atomic mass is 9.81. The fourth-order valence-corrected chi connectivity index (χ4v) is 3.30. The topological polar surface area (TPSA) is 45.5 Å². The van der Waals surface area contributed by atoms with Gasteiger partial charge in [-0.1, -0.05) is 0 Å². The van der Waals surface area contributed by atoms with E-state index in [1.807, 2.05) is 12.1 Å². The van der Waals surface area contributed by atoms with E-state index in [1.165, 1.54) is 0 Å². The number of furan rings is 1. The molecule has 18 heavy (non-hydrogen) atoms. The van der Waals surface area contributed by atoms with Crippen LogP contribution in [-0.4, -0.2) is 29.4 Å². The molecule has 2 aliphatic heterocycles. The monoisotopic (exact) mass is 248 g/mol. The molecule has 1 N–H and O–H groups in total. The summed E-state index contributed by atoms with van der Waals surface area (Å²) in [6.07, 6.45) is 6.83. The highest BCUT2D eigenvalue weighted by molar-refractivity contribution is 5.77. The number of carbonyl (C=O) groups excluding carboxylic acids is 1. The van der Waals surface area contributed by atoms with Crippen molar-refractivity contribution in [3.8, 4) is 0 Å². The highest BCUT2D eigenvalue weighted by Crippen LogP contribution is 2.30. The first-order valence-electron chi connectivity index (χ1n) is 6.82. The summed E-state index contributed by atoms with van der Waals surface area (Å²) >= 11 is 0. The van der Waals surface area contributed by atoms with Crippen LogP contribution in [0.1, 0.15) is 37.9 Å². The molecule has 2 fully saturated rings. The van der Waals surface area contributed by atoms with Gasteiger partial charge in [0.25, 0.3) is 0 Å². The van der Waals surface area contributed by atoms with Gasteiger partial charge in [-0.25, -0.2) is 0 Å². The van der Waals surface area contributed by atoms with Crippen molar-refractivity contribution in [2.24, 2.45) is 0 Å². The van der Waals surface area contributed by atoms with Crippen LogP contribution < -0.4 is 5.32 Å². The molecule has 1 aromatic heterocycles. The minimum Gasteiger partial charge on any atom is -0.468 e. The van der Waals surface area contributed by atoms with E-state index in [1.54, 1.807) is 6.26 Å². The van der Waals surface area contributed by atoms with Gasteiger partial charge >= 0.3 is 0 Å². The van der Waals surface area contributed by atoms with E-state index in [-0.39, 0.29) is 11.4 Å². The molecule has 1 unspecified atom stereocenters. The maximum atomic E-state index is 11.6. The summed E-state index contributed by atoms with van der Waals surface area (Å²) < 4.78 is 5.40. The zero-order chi connectivity index (χ0) is 12.4. The van der Waals surface area contributed by atoms with Crippen LogP contribution in [0.3, 0.4) is 0 Å².